The van der Waals surface area contributed by atoms with Crippen LogP contribution in [-0.4, -0.2) is 94.0 Å². The number of aromatic amines is 2. The Kier molecular flexibility index (Phi) is 17.3. The Balaban J connectivity index is 0.000000193. The van der Waals surface area contributed by atoms with Crippen molar-refractivity contribution < 1.29 is 28.3 Å². The molecular formula is C39H32ClF3N16O5. The number of nitrogens with zero attached hydrogens (tertiary/aromatic N) is 12. The second-order valence-electron chi connectivity index (χ2n) is 11.8. The van der Waals surface area contributed by atoms with E-state index >= 15 is 0 Å². The lowest BCUT2D eigenvalue weighted by Crippen LogP contribution is -2.14. The maximum absolute atomic E-state index is 13.0. The minimum atomic E-state index is -0.461. The smallest absolute Gasteiger partial charge is 0.278 e. The zero-order valence-corrected chi connectivity index (χ0v) is 33.5. The molecule has 0 aliphatic rings. The summed E-state index contributed by atoms with van der Waals surface area (Å²) in [6, 6.07) is 16.8. The zero-order valence-electron chi connectivity index (χ0n) is 32.7. The van der Waals surface area contributed by atoms with E-state index in [2.05, 4.69) is 65.1 Å². The van der Waals surface area contributed by atoms with E-state index in [9.17, 15) is 27.6 Å². The van der Waals surface area contributed by atoms with Gasteiger partial charge in [0, 0.05) is 23.8 Å². The van der Waals surface area contributed by atoms with Crippen LogP contribution < -0.4 is 22.6 Å². The van der Waals surface area contributed by atoms with Crippen LogP contribution >= 0.6 is 12.4 Å². The maximum Gasteiger partial charge on any atom is 0.278 e. The van der Waals surface area contributed by atoms with Gasteiger partial charge in [0.25, 0.3) is 11.1 Å². The standard InChI is InChI=1S/C14H8FN7.C12H7FN4O.C8H6FNO2.C4H6N4O.CH4O.ClH/c15-10-3-1-9(2-4-10)11-5-17-13-12(21-11)14(19-7-18-13)22-8-16-6-20-22;13-8-3-1-7(2-4-8)9-5-14-11-10(17-9)12(18)16-6-15-11;9-7-3-1-6(2-4-7)8(11)5-10-12;5-2-3(6)7-1-8-4(2)9;1-2;/h1-8H;1-6H,(H,14,15,16,18);1-5,12H;1H,5H2,(H3,6,7,8,9);2H,1H3;1H/b;;10-5+;;;. The van der Waals surface area contributed by atoms with Crippen LogP contribution in [0.15, 0.2) is 132 Å². The molecule has 0 amide bonds. The average Bonchev–Trinajstić information content (AvgIpc) is 3.85. The molecule has 8 N–H and O–H groups in total. The molecule has 9 rings (SSSR count). The van der Waals surface area contributed by atoms with Gasteiger partial charge < -0.3 is 31.7 Å². The van der Waals surface area contributed by atoms with E-state index in [0.29, 0.717) is 33.9 Å². The number of aliphatic hydroxyl groups is 1. The molecule has 0 bridgehead atoms. The number of nitrogens with two attached hydrogens (primary N) is 2. The molecule has 0 unspecified atom stereocenters. The summed E-state index contributed by atoms with van der Waals surface area (Å²) in [6.07, 6.45) is 10.7. The third-order valence-electron chi connectivity index (χ3n) is 7.82. The third kappa shape index (κ3) is 12.6. The summed E-state index contributed by atoms with van der Waals surface area (Å²) in [5.41, 5.74) is 13.8. The van der Waals surface area contributed by atoms with E-state index in [1.807, 2.05) is 0 Å². The summed E-state index contributed by atoms with van der Waals surface area (Å²) in [5, 5.41) is 21.6. The Labute approximate surface area is 363 Å². The minimum Gasteiger partial charge on any atom is -0.411 e. The fourth-order valence-electron chi connectivity index (χ4n) is 4.85. The Morgan fingerprint density at radius 3 is 1.72 bits per heavy atom. The lowest BCUT2D eigenvalue weighted by atomic mass is 10.1. The van der Waals surface area contributed by atoms with Crippen molar-refractivity contribution in [1.82, 2.24) is 64.6 Å². The molecule has 0 saturated heterocycles. The maximum atomic E-state index is 13.0. The van der Waals surface area contributed by atoms with Crippen LogP contribution in [0.3, 0.4) is 0 Å². The van der Waals surface area contributed by atoms with Crippen molar-refractivity contribution in [3.8, 4) is 28.3 Å². The quantitative estimate of drug-likeness (QED) is 0.0620. The van der Waals surface area contributed by atoms with E-state index in [4.69, 9.17) is 21.8 Å². The number of anilines is 2. The van der Waals surface area contributed by atoms with Crippen LogP contribution in [0.5, 0.6) is 0 Å². The Morgan fingerprint density at radius 2 is 1.20 bits per heavy atom. The van der Waals surface area contributed by atoms with Gasteiger partial charge in [0.2, 0.25) is 5.78 Å². The van der Waals surface area contributed by atoms with Crippen molar-refractivity contribution >= 4 is 58.2 Å². The topological polar surface area (TPSA) is 321 Å². The Morgan fingerprint density at radius 1 is 0.688 bits per heavy atom. The highest BCUT2D eigenvalue weighted by Crippen LogP contribution is 2.21. The lowest BCUT2D eigenvalue weighted by Gasteiger charge is -2.05. The number of fused-ring (bicyclic) bond motifs is 2. The van der Waals surface area contributed by atoms with E-state index in [1.165, 1.54) is 91.0 Å². The molecule has 0 radical (unpaired) electrons. The molecule has 6 heterocycles. The number of oxime groups is 1. The first-order valence-corrected chi connectivity index (χ1v) is 17.6. The van der Waals surface area contributed by atoms with Crippen LogP contribution in [0.4, 0.5) is 24.7 Å². The molecule has 6 aromatic heterocycles. The van der Waals surface area contributed by atoms with E-state index in [1.54, 1.807) is 30.5 Å². The largest absolute Gasteiger partial charge is 0.411 e. The van der Waals surface area contributed by atoms with Crippen molar-refractivity contribution in [1.29, 1.82) is 0 Å². The second kappa shape index (κ2) is 23.2. The monoisotopic (exact) mass is 896 g/mol. The molecular weight excluding hydrogens is 865 g/mol. The third-order valence-corrected chi connectivity index (χ3v) is 7.82. The number of carbonyl (C=O) groups is 1. The number of benzene rings is 3. The Hall–Kier alpha value is -8.90. The van der Waals surface area contributed by atoms with Crippen molar-refractivity contribution in [3.63, 3.8) is 0 Å². The van der Waals surface area contributed by atoms with Gasteiger partial charge in [-0.05, 0) is 72.8 Å². The summed E-state index contributed by atoms with van der Waals surface area (Å²) < 4.78 is 39.7. The number of H-pyrrole nitrogens is 2. The number of rotatable bonds is 5. The van der Waals surface area contributed by atoms with E-state index in [-0.39, 0.29) is 57.8 Å². The van der Waals surface area contributed by atoms with Crippen LogP contribution in [-0.2, 0) is 0 Å². The van der Waals surface area contributed by atoms with Crippen molar-refractivity contribution in [3.05, 3.63) is 161 Å². The normalized spacial score (nSPS) is 10.1. The predicted molar refractivity (Wildman–Crippen MR) is 229 cm³/mol. The fourth-order valence-corrected chi connectivity index (χ4v) is 4.85. The van der Waals surface area contributed by atoms with Gasteiger partial charge in [0.05, 0.1) is 36.4 Å². The molecule has 9 aromatic rings. The number of ketones is 1. The van der Waals surface area contributed by atoms with Gasteiger partial charge in [-0.15, -0.1) is 12.4 Å². The van der Waals surface area contributed by atoms with E-state index in [0.717, 1.165) is 18.9 Å². The second-order valence-corrected chi connectivity index (χ2v) is 11.8. The molecule has 3 aromatic carbocycles. The highest BCUT2D eigenvalue weighted by Gasteiger charge is 2.12. The minimum absolute atomic E-state index is 0. The summed E-state index contributed by atoms with van der Waals surface area (Å²) >= 11 is 0. The van der Waals surface area contributed by atoms with Gasteiger partial charge in [0.15, 0.2) is 34.0 Å². The predicted octanol–water partition coefficient (Wildman–Crippen LogP) is 3.76. The number of nitrogens with one attached hydrogen (secondary N) is 2. The molecule has 326 valence electrons. The van der Waals surface area contributed by atoms with Gasteiger partial charge in [0.1, 0.15) is 48.3 Å². The first kappa shape index (κ1) is 47.8. The first-order valence-electron chi connectivity index (χ1n) is 17.6. The molecule has 0 fully saturated rings. The molecule has 0 atom stereocenters. The number of hydrogen-bond donors (Lipinski definition) is 6. The van der Waals surface area contributed by atoms with Gasteiger partial charge in [-0.3, -0.25) is 14.4 Å². The first-order chi connectivity index (χ1) is 30.5. The number of carbonyl (C=O) groups excluding carboxylic acids is 1. The number of hydrogen-bond acceptors (Lipinski definition) is 18. The molecule has 21 nitrogen and oxygen atoms in total. The van der Waals surface area contributed by atoms with Crippen molar-refractivity contribution in [2.75, 3.05) is 18.6 Å². The van der Waals surface area contributed by atoms with Gasteiger partial charge in [-0.25, -0.2) is 62.7 Å². The van der Waals surface area contributed by atoms with Gasteiger partial charge >= 0.3 is 0 Å². The summed E-state index contributed by atoms with van der Waals surface area (Å²) in [7, 11) is 1.00. The number of aliphatic hydroxyl groups excluding tert-OH is 1. The van der Waals surface area contributed by atoms with Crippen molar-refractivity contribution in [2.45, 2.75) is 0 Å². The molecule has 0 spiro atoms. The summed E-state index contributed by atoms with van der Waals surface area (Å²) in [4.78, 5) is 74.4. The molecule has 0 saturated carbocycles. The number of Topliss-reactive ketones (excluding diaryl/α,β-unsaturated/α-hetero) is 1. The van der Waals surface area contributed by atoms with Crippen molar-refractivity contribution in [2.24, 2.45) is 5.16 Å². The highest BCUT2D eigenvalue weighted by molar-refractivity contribution is 6.35. The van der Waals surface area contributed by atoms with Crippen LogP contribution in [0, 0.1) is 17.5 Å². The van der Waals surface area contributed by atoms with Crippen LogP contribution in [0.2, 0.25) is 0 Å². The Bertz CT molecular complexity index is 3070. The van der Waals surface area contributed by atoms with E-state index < -0.39 is 17.2 Å². The highest BCUT2D eigenvalue weighted by atomic mass is 35.5. The van der Waals surface area contributed by atoms with Gasteiger partial charge in [-0.2, -0.15) is 5.10 Å². The number of aromatic nitrogens is 13. The zero-order chi connectivity index (χ0) is 45.3. The SMILES string of the molecule is CO.Cl.Fc1ccc(-c2cnc3ncnc(-n4cncn4)c3n2)cc1.Nc1nc[nH]c(=O)c1N.O=C(/C=N/O)c1ccc(F)cc1.O=c1[nH]cnc2ncc(-c3ccc(F)cc3)nc12. The lowest BCUT2D eigenvalue weighted by molar-refractivity contribution is 0.106. The fraction of sp³-hybridized carbons (Fsp3) is 0.0256. The number of nitrogen functional groups attached to an aromatic ring is 2. The molecule has 64 heavy (non-hydrogen) atoms. The summed E-state index contributed by atoms with van der Waals surface area (Å²) in [6.45, 7) is 0. The average molecular weight is 897 g/mol. The summed E-state index contributed by atoms with van der Waals surface area (Å²) in [5.74, 6) is -0.946. The number of halogens is 4. The van der Waals surface area contributed by atoms with Crippen LogP contribution in [0.25, 0.3) is 50.7 Å². The van der Waals surface area contributed by atoms with Gasteiger partial charge in [-0.1, -0.05) is 5.16 Å². The molecule has 0 aliphatic carbocycles. The molecule has 0 aliphatic heterocycles. The molecule has 25 heteroatoms. The van der Waals surface area contributed by atoms with Crippen LogP contribution in [0.1, 0.15) is 10.4 Å².